The molecule has 3 atom stereocenters. The zero-order valence-corrected chi connectivity index (χ0v) is 15.1. The topological polar surface area (TPSA) is 61.4 Å². The Morgan fingerprint density at radius 2 is 2.21 bits per heavy atom. The van der Waals surface area contributed by atoms with Crippen LogP contribution in [-0.2, 0) is 6.42 Å². The summed E-state index contributed by atoms with van der Waals surface area (Å²) in [5, 5.41) is 15.7. The van der Waals surface area contributed by atoms with Crippen molar-refractivity contribution in [3.05, 3.63) is 34.9 Å². The van der Waals surface area contributed by atoms with Gasteiger partial charge in [0.1, 0.15) is 0 Å². The summed E-state index contributed by atoms with van der Waals surface area (Å²) in [7, 11) is 0. The number of aryl methyl sites for hydroxylation is 1. The highest BCUT2D eigenvalue weighted by Gasteiger charge is 2.35. The quantitative estimate of drug-likeness (QED) is 0.772. The van der Waals surface area contributed by atoms with E-state index in [2.05, 4.69) is 42.7 Å². The molecule has 0 heterocycles. The number of carbonyl (C=O) groups is 1. The van der Waals surface area contributed by atoms with E-state index < -0.39 is 0 Å². The lowest BCUT2D eigenvalue weighted by Crippen LogP contribution is -2.42. The van der Waals surface area contributed by atoms with Crippen LogP contribution < -0.4 is 10.6 Å². The van der Waals surface area contributed by atoms with Crippen LogP contribution in [0.25, 0.3) is 0 Å². The fourth-order valence-corrected chi connectivity index (χ4v) is 4.52. The fraction of sp³-hybridized carbons (Fsp3) is 0.650. The van der Waals surface area contributed by atoms with Crippen molar-refractivity contribution >= 4 is 6.03 Å². The zero-order chi connectivity index (χ0) is 17.3. The van der Waals surface area contributed by atoms with E-state index in [1.807, 2.05) is 0 Å². The number of hydrogen-bond acceptors (Lipinski definition) is 2. The molecule has 3 rings (SSSR count). The molecule has 4 nitrogen and oxygen atoms in total. The van der Waals surface area contributed by atoms with Crippen molar-refractivity contribution in [3.63, 3.8) is 0 Å². The van der Waals surface area contributed by atoms with Gasteiger partial charge in [-0.1, -0.05) is 32.0 Å². The Bertz CT molecular complexity index is 610. The van der Waals surface area contributed by atoms with Crippen molar-refractivity contribution in [1.29, 1.82) is 0 Å². The second-order valence-corrected chi connectivity index (χ2v) is 8.34. The summed E-state index contributed by atoms with van der Waals surface area (Å²) >= 11 is 0. The van der Waals surface area contributed by atoms with Crippen LogP contribution in [-0.4, -0.2) is 23.8 Å². The standard InChI is InChI=1S/C20H30N2O2/c1-13(23)11-20(2,3)12-21-19(24)22-17-10-15-8-4-6-14-7-5-9-16(17)18(14)15/h5,7,9,13,15,17,23H,4,6,8,10-12H2,1-3H3,(H2,21,22,24). The molecule has 0 radical (unpaired) electrons. The Labute approximate surface area is 145 Å². The first kappa shape index (κ1) is 17.3. The highest BCUT2D eigenvalue weighted by atomic mass is 16.3. The predicted octanol–water partition coefficient (Wildman–Crippen LogP) is 3.65. The average molecular weight is 330 g/mol. The molecule has 3 N–H and O–H groups in total. The van der Waals surface area contributed by atoms with Gasteiger partial charge in [0.2, 0.25) is 0 Å². The smallest absolute Gasteiger partial charge is 0.315 e. The zero-order valence-electron chi connectivity index (χ0n) is 15.1. The van der Waals surface area contributed by atoms with Crippen LogP contribution in [0, 0.1) is 5.41 Å². The molecule has 4 heteroatoms. The van der Waals surface area contributed by atoms with E-state index in [0.717, 1.165) is 6.42 Å². The molecule has 0 aromatic heterocycles. The molecule has 1 aromatic carbocycles. The fourth-order valence-electron chi connectivity index (χ4n) is 4.52. The van der Waals surface area contributed by atoms with Gasteiger partial charge in [-0.3, -0.25) is 0 Å². The Kier molecular flexibility index (Phi) is 4.86. The van der Waals surface area contributed by atoms with Crippen LogP contribution in [0.2, 0.25) is 0 Å². The molecule has 3 unspecified atom stereocenters. The van der Waals surface area contributed by atoms with Crippen molar-refractivity contribution in [3.8, 4) is 0 Å². The first-order chi connectivity index (χ1) is 11.4. The number of benzene rings is 1. The van der Waals surface area contributed by atoms with Gasteiger partial charge in [0.25, 0.3) is 0 Å². The van der Waals surface area contributed by atoms with Crippen LogP contribution in [0.3, 0.4) is 0 Å². The third-order valence-electron chi connectivity index (χ3n) is 5.41. The van der Waals surface area contributed by atoms with E-state index >= 15 is 0 Å². The minimum atomic E-state index is -0.354. The van der Waals surface area contributed by atoms with Gasteiger partial charge in [-0.2, -0.15) is 0 Å². The minimum Gasteiger partial charge on any atom is -0.393 e. The lowest BCUT2D eigenvalue weighted by molar-refractivity contribution is 0.128. The summed E-state index contributed by atoms with van der Waals surface area (Å²) in [6, 6.07) is 6.57. The molecular formula is C20H30N2O2. The lowest BCUT2D eigenvalue weighted by atomic mass is 9.84. The van der Waals surface area contributed by atoms with Crippen molar-refractivity contribution in [2.75, 3.05) is 6.54 Å². The van der Waals surface area contributed by atoms with Crippen LogP contribution in [0.4, 0.5) is 4.79 Å². The van der Waals surface area contributed by atoms with Gasteiger partial charge in [-0.05, 0) is 67.1 Å². The molecule has 0 fully saturated rings. The third kappa shape index (κ3) is 3.75. The Balaban J connectivity index is 1.60. The van der Waals surface area contributed by atoms with E-state index in [1.54, 1.807) is 6.92 Å². The predicted molar refractivity (Wildman–Crippen MR) is 96.1 cm³/mol. The molecule has 0 saturated heterocycles. The molecule has 0 spiro atoms. The van der Waals surface area contributed by atoms with Gasteiger partial charge in [-0.25, -0.2) is 4.79 Å². The van der Waals surface area contributed by atoms with Crippen molar-refractivity contribution < 1.29 is 9.90 Å². The van der Waals surface area contributed by atoms with E-state index in [0.29, 0.717) is 18.9 Å². The van der Waals surface area contributed by atoms with Crippen molar-refractivity contribution in [2.45, 2.75) is 70.9 Å². The number of aliphatic hydroxyl groups excluding tert-OH is 1. The molecule has 2 aliphatic carbocycles. The van der Waals surface area contributed by atoms with Crippen molar-refractivity contribution in [1.82, 2.24) is 10.6 Å². The maximum absolute atomic E-state index is 12.4. The Morgan fingerprint density at radius 3 is 2.96 bits per heavy atom. The molecule has 2 amide bonds. The molecule has 2 aliphatic rings. The van der Waals surface area contributed by atoms with E-state index in [4.69, 9.17) is 0 Å². The number of amides is 2. The van der Waals surface area contributed by atoms with Crippen LogP contribution in [0.5, 0.6) is 0 Å². The number of rotatable bonds is 5. The molecule has 0 bridgehead atoms. The Morgan fingerprint density at radius 1 is 1.42 bits per heavy atom. The summed E-state index contributed by atoms with van der Waals surface area (Å²) < 4.78 is 0. The van der Waals surface area contributed by atoms with Gasteiger partial charge in [-0.15, -0.1) is 0 Å². The molecule has 24 heavy (non-hydrogen) atoms. The lowest BCUT2D eigenvalue weighted by Gasteiger charge is -2.27. The number of urea groups is 1. The number of carbonyl (C=O) groups excluding carboxylic acids is 1. The molecule has 0 aliphatic heterocycles. The Hall–Kier alpha value is -1.55. The second-order valence-electron chi connectivity index (χ2n) is 8.34. The first-order valence-corrected chi connectivity index (χ1v) is 9.20. The van der Waals surface area contributed by atoms with E-state index in [-0.39, 0.29) is 23.6 Å². The summed E-state index contributed by atoms with van der Waals surface area (Å²) in [5.74, 6) is 0.613. The normalized spacial score (nSPS) is 23.5. The molecular weight excluding hydrogens is 300 g/mol. The van der Waals surface area contributed by atoms with Gasteiger partial charge in [0, 0.05) is 6.54 Å². The maximum Gasteiger partial charge on any atom is 0.315 e. The van der Waals surface area contributed by atoms with Gasteiger partial charge >= 0.3 is 6.03 Å². The number of hydrogen-bond donors (Lipinski definition) is 3. The monoisotopic (exact) mass is 330 g/mol. The second kappa shape index (κ2) is 6.75. The largest absolute Gasteiger partial charge is 0.393 e. The maximum atomic E-state index is 12.4. The van der Waals surface area contributed by atoms with Gasteiger partial charge in [0.05, 0.1) is 12.1 Å². The van der Waals surface area contributed by atoms with Crippen molar-refractivity contribution in [2.24, 2.45) is 5.41 Å². The summed E-state index contributed by atoms with van der Waals surface area (Å²) in [5.41, 5.74) is 4.18. The molecule has 132 valence electrons. The SMILES string of the molecule is CC(O)CC(C)(C)CNC(=O)NC1CC2CCCc3cccc1c32. The summed E-state index contributed by atoms with van der Waals surface area (Å²) in [6.45, 7) is 6.48. The van der Waals surface area contributed by atoms with Gasteiger partial charge < -0.3 is 15.7 Å². The third-order valence-corrected chi connectivity index (χ3v) is 5.41. The highest BCUT2D eigenvalue weighted by molar-refractivity contribution is 5.74. The van der Waals surface area contributed by atoms with E-state index in [1.165, 1.54) is 36.0 Å². The number of nitrogens with one attached hydrogen (secondary N) is 2. The summed E-state index contributed by atoms with van der Waals surface area (Å²) in [6.07, 6.45) is 5.01. The van der Waals surface area contributed by atoms with Crippen LogP contribution in [0.1, 0.15) is 75.1 Å². The highest BCUT2D eigenvalue weighted by Crippen LogP contribution is 2.47. The van der Waals surface area contributed by atoms with Gasteiger partial charge in [0.15, 0.2) is 0 Å². The van der Waals surface area contributed by atoms with Crippen LogP contribution in [0.15, 0.2) is 18.2 Å². The molecule has 0 saturated carbocycles. The summed E-state index contributed by atoms with van der Waals surface area (Å²) in [4.78, 5) is 12.4. The molecule has 1 aromatic rings. The first-order valence-electron chi connectivity index (χ1n) is 9.20. The number of aliphatic hydroxyl groups is 1. The minimum absolute atomic E-state index is 0.102. The van der Waals surface area contributed by atoms with E-state index in [9.17, 15) is 9.90 Å². The van der Waals surface area contributed by atoms with Crippen LogP contribution >= 0.6 is 0 Å². The average Bonchev–Trinajstić information content (AvgIpc) is 2.85.